The number of pyridine rings is 1. The molecule has 0 spiro atoms. The molecular weight excluding hydrogens is 242 g/mol. The first-order valence-electron chi connectivity index (χ1n) is 6.74. The topological polar surface area (TPSA) is 54.5 Å². The molecule has 1 saturated heterocycles. The fourth-order valence-electron chi connectivity index (χ4n) is 2.37. The molecule has 0 aliphatic carbocycles. The summed E-state index contributed by atoms with van der Waals surface area (Å²) in [4.78, 5) is 18.5. The second-order valence-electron chi connectivity index (χ2n) is 4.93. The Hall–Kier alpha value is -1.62. The second-order valence-corrected chi connectivity index (χ2v) is 4.93. The number of carbonyl (C=O) groups is 1. The summed E-state index contributed by atoms with van der Waals surface area (Å²) < 4.78 is 5.65. The molecular formula is C14H21N3O2. The Balaban J connectivity index is 2.12. The van der Waals surface area contributed by atoms with Crippen LogP contribution in [0.15, 0.2) is 18.3 Å². The van der Waals surface area contributed by atoms with Gasteiger partial charge in [0.1, 0.15) is 5.82 Å². The summed E-state index contributed by atoms with van der Waals surface area (Å²) in [6, 6.07) is 3.56. The van der Waals surface area contributed by atoms with Crippen LogP contribution < -0.4 is 5.32 Å². The van der Waals surface area contributed by atoms with E-state index in [1.54, 1.807) is 18.3 Å². The molecule has 0 aromatic carbocycles. The van der Waals surface area contributed by atoms with Crippen LogP contribution in [0.1, 0.15) is 31.1 Å². The highest BCUT2D eigenvalue weighted by atomic mass is 16.5. The summed E-state index contributed by atoms with van der Waals surface area (Å²) in [5.41, 5.74) is 0.673. The number of anilines is 1. The minimum Gasteiger partial charge on any atom is -0.372 e. The Morgan fingerprint density at radius 3 is 2.79 bits per heavy atom. The Morgan fingerprint density at radius 1 is 1.47 bits per heavy atom. The van der Waals surface area contributed by atoms with Crippen molar-refractivity contribution in [3.63, 3.8) is 0 Å². The van der Waals surface area contributed by atoms with Crippen molar-refractivity contribution in [3.8, 4) is 0 Å². The lowest BCUT2D eigenvalue weighted by Crippen LogP contribution is -2.48. The average Bonchev–Trinajstić information content (AvgIpc) is 2.37. The van der Waals surface area contributed by atoms with Crippen LogP contribution in [0.2, 0.25) is 0 Å². The molecule has 2 atom stereocenters. The van der Waals surface area contributed by atoms with Gasteiger partial charge in [-0.05, 0) is 32.9 Å². The highest BCUT2D eigenvalue weighted by molar-refractivity contribution is 5.94. The van der Waals surface area contributed by atoms with E-state index in [1.807, 2.05) is 25.7 Å². The van der Waals surface area contributed by atoms with Crippen molar-refractivity contribution in [2.75, 3.05) is 25.0 Å². The van der Waals surface area contributed by atoms with Crippen LogP contribution >= 0.6 is 0 Å². The largest absolute Gasteiger partial charge is 0.372 e. The third-order valence-corrected chi connectivity index (χ3v) is 3.07. The van der Waals surface area contributed by atoms with Gasteiger partial charge in [0.2, 0.25) is 0 Å². The van der Waals surface area contributed by atoms with Crippen molar-refractivity contribution in [1.29, 1.82) is 0 Å². The molecule has 0 bridgehead atoms. The summed E-state index contributed by atoms with van der Waals surface area (Å²) in [7, 11) is 0. The Labute approximate surface area is 114 Å². The van der Waals surface area contributed by atoms with Crippen molar-refractivity contribution in [2.45, 2.75) is 33.0 Å². The number of hydrogen-bond donors (Lipinski definition) is 1. The van der Waals surface area contributed by atoms with Crippen molar-refractivity contribution in [2.24, 2.45) is 0 Å². The van der Waals surface area contributed by atoms with Crippen LogP contribution in [0.5, 0.6) is 0 Å². The quantitative estimate of drug-likeness (QED) is 0.903. The van der Waals surface area contributed by atoms with Gasteiger partial charge < -0.3 is 15.0 Å². The predicted octanol–water partition coefficient (Wildman–Crippen LogP) is 1.76. The van der Waals surface area contributed by atoms with Gasteiger partial charge in [-0.1, -0.05) is 0 Å². The highest BCUT2D eigenvalue weighted by Gasteiger charge is 2.26. The lowest BCUT2D eigenvalue weighted by atomic mass is 10.1. The Morgan fingerprint density at radius 2 is 2.16 bits per heavy atom. The number of nitrogens with zero attached hydrogens (tertiary/aromatic N) is 2. The molecule has 2 unspecified atom stereocenters. The van der Waals surface area contributed by atoms with Crippen LogP contribution in [0.3, 0.4) is 0 Å². The van der Waals surface area contributed by atoms with Crippen LogP contribution in [-0.4, -0.2) is 47.6 Å². The number of carbonyl (C=O) groups excluding carboxylic acids is 1. The number of aromatic nitrogens is 1. The van der Waals surface area contributed by atoms with E-state index in [-0.39, 0.29) is 18.1 Å². The van der Waals surface area contributed by atoms with Crippen LogP contribution in [-0.2, 0) is 4.74 Å². The van der Waals surface area contributed by atoms with Gasteiger partial charge in [-0.2, -0.15) is 0 Å². The SMILES string of the molecule is CCNc1cc(C(=O)N2CC(C)OC(C)C2)ccn1. The third kappa shape index (κ3) is 3.44. The number of hydrogen-bond acceptors (Lipinski definition) is 4. The molecule has 0 radical (unpaired) electrons. The maximum Gasteiger partial charge on any atom is 0.254 e. The lowest BCUT2D eigenvalue weighted by molar-refractivity contribution is -0.0586. The molecule has 5 nitrogen and oxygen atoms in total. The maximum atomic E-state index is 12.5. The summed E-state index contributed by atoms with van der Waals surface area (Å²) in [6.07, 6.45) is 1.84. The zero-order valence-corrected chi connectivity index (χ0v) is 11.7. The van der Waals surface area contributed by atoms with E-state index in [1.165, 1.54) is 0 Å². The number of rotatable bonds is 3. The molecule has 5 heteroatoms. The van der Waals surface area contributed by atoms with Gasteiger partial charge in [0.05, 0.1) is 12.2 Å². The monoisotopic (exact) mass is 263 g/mol. The zero-order valence-electron chi connectivity index (χ0n) is 11.7. The summed E-state index contributed by atoms with van der Waals surface area (Å²) in [6.45, 7) is 8.06. The van der Waals surface area contributed by atoms with Gasteiger partial charge >= 0.3 is 0 Å². The van der Waals surface area contributed by atoms with Gasteiger partial charge in [0.15, 0.2) is 0 Å². The maximum absolute atomic E-state index is 12.5. The highest BCUT2D eigenvalue weighted by Crippen LogP contribution is 2.15. The first-order valence-corrected chi connectivity index (χ1v) is 6.74. The van der Waals surface area contributed by atoms with Gasteiger partial charge in [0, 0.05) is 31.4 Å². The summed E-state index contributed by atoms with van der Waals surface area (Å²) in [5.74, 6) is 0.784. The Bertz CT molecular complexity index is 440. The fraction of sp³-hybridized carbons (Fsp3) is 0.571. The van der Waals surface area contributed by atoms with Crippen LogP contribution in [0, 0.1) is 0 Å². The standard InChI is InChI=1S/C14H21N3O2/c1-4-15-13-7-12(5-6-16-13)14(18)17-8-10(2)19-11(3)9-17/h5-7,10-11H,4,8-9H2,1-3H3,(H,15,16). The summed E-state index contributed by atoms with van der Waals surface area (Å²) >= 11 is 0. The van der Waals surface area contributed by atoms with E-state index in [0.717, 1.165) is 12.4 Å². The first-order chi connectivity index (χ1) is 9.10. The summed E-state index contributed by atoms with van der Waals surface area (Å²) in [5, 5.41) is 3.12. The molecule has 1 fully saturated rings. The molecule has 2 rings (SSSR count). The molecule has 1 aliphatic rings. The van der Waals surface area contributed by atoms with E-state index in [0.29, 0.717) is 18.7 Å². The number of morpholine rings is 1. The fourth-order valence-corrected chi connectivity index (χ4v) is 2.37. The number of ether oxygens (including phenoxy) is 1. The normalized spacial score (nSPS) is 23.2. The van der Waals surface area contributed by atoms with Crippen LogP contribution in [0.4, 0.5) is 5.82 Å². The lowest BCUT2D eigenvalue weighted by Gasteiger charge is -2.35. The molecule has 2 heterocycles. The Kier molecular flexibility index (Phi) is 4.37. The van der Waals surface area contributed by atoms with Crippen LogP contribution in [0.25, 0.3) is 0 Å². The van der Waals surface area contributed by atoms with E-state index >= 15 is 0 Å². The minimum absolute atomic E-state index is 0.0450. The third-order valence-electron chi connectivity index (χ3n) is 3.07. The van der Waals surface area contributed by atoms with E-state index in [4.69, 9.17) is 4.74 Å². The molecule has 104 valence electrons. The second kappa shape index (κ2) is 6.02. The van der Waals surface area contributed by atoms with Crippen molar-refractivity contribution < 1.29 is 9.53 Å². The molecule has 0 saturated carbocycles. The zero-order chi connectivity index (χ0) is 13.8. The van der Waals surface area contributed by atoms with Gasteiger partial charge in [0.25, 0.3) is 5.91 Å². The van der Waals surface area contributed by atoms with Crippen molar-refractivity contribution >= 4 is 11.7 Å². The van der Waals surface area contributed by atoms with E-state index in [9.17, 15) is 4.79 Å². The van der Waals surface area contributed by atoms with Gasteiger partial charge in [-0.15, -0.1) is 0 Å². The first kappa shape index (κ1) is 13.8. The molecule has 1 amide bonds. The smallest absolute Gasteiger partial charge is 0.254 e. The van der Waals surface area contributed by atoms with Crippen molar-refractivity contribution in [3.05, 3.63) is 23.9 Å². The molecule has 19 heavy (non-hydrogen) atoms. The average molecular weight is 263 g/mol. The van der Waals surface area contributed by atoms with Gasteiger partial charge in [-0.3, -0.25) is 4.79 Å². The molecule has 1 aromatic heterocycles. The van der Waals surface area contributed by atoms with E-state index < -0.39 is 0 Å². The number of nitrogens with one attached hydrogen (secondary N) is 1. The molecule has 1 aromatic rings. The molecule has 1 N–H and O–H groups in total. The number of amides is 1. The van der Waals surface area contributed by atoms with E-state index in [2.05, 4.69) is 10.3 Å². The predicted molar refractivity (Wildman–Crippen MR) is 74.3 cm³/mol. The van der Waals surface area contributed by atoms with Gasteiger partial charge in [-0.25, -0.2) is 4.98 Å². The van der Waals surface area contributed by atoms with Crippen molar-refractivity contribution in [1.82, 2.24) is 9.88 Å². The molecule has 1 aliphatic heterocycles. The minimum atomic E-state index is 0.0450.